The normalized spacial score (nSPS) is 14.9. The number of amides is 2. The van der Waals surface area contributed by atoms with Gasteiger partial charge in [-0.3, -0.25) is 14.5 Å². The summed E-state index contributed by atoms with van der Waals surface area (Å²) in [5.41, 5.74) is 6.09. The maximum absolute atomic E-state index is 11.2. The van der Waals surface area contributed by atoms with Crippen molar-refractivity contribution in [3.63, 3.8) is 0 Å². The zero-order chi connectivity index (χ0) is 11.3. The van der Waals surface area contributed by atoms with Gasteiger partial charge in [0.2, 0.25) is 0 Å². The van der Waals surface area contributed by atoms with E-state index in [1.54, 1.807) is 0 Å². The first-order chi connectivity index (χ1) is 7.15. The minimum absolute atomic E-state index is 0.258. The van der Waals surface area contributed by atoms with Gasteiger partial charge in [0.15, 0.2) is 0 Å². The molecule has 1 rings (SSSR count). The number of carbonyl (C=O) groups excluding carboxylic acids is 2. The predicted octanol–water partition coefficient (Wildman–Crippen LogP) is -0.636. The van der Waals surface area contributed by atoms with Crippen molar-refractivity contribution in [1.82, 2.24) is 10.2 Å². The van der Waals surface area contributed by atoms with Crippen molar-refractivity contribution in [3.05, 3.63) is 24.4 Å². The van der Waals surface area contributed by atoms with Gasteiger partial charge in [0.05, 0.1) is 0 Å². The van der Waals surface area contributed by atoms with E-state index in [4.69, 9.17) is 5.73 Å². The van der Waals surface area contributed by atoms with E-state index in [1.807, 2.05) is 0 Å². The molecule has 1 aliphatic heterocycles. The number of nitrogens with two attached hydrogens (primary N) is 1. The van der Waals surface area contributed by atoms with Crippen LogP contribution in [0, 0.1) is 0 Å². The van der Waals surface area contributed by atoms with Gasteiger partial charge in [-0.25, -0.2) is 0 Å². The van der Waals surface area contributed by atoms with Crippen LogP contribution in [0.3, 0.4) is 0 Å². The van der Waals surface area contributed by atoms with Crippen LogP contribution in [0.15, 0.2) is 24.4 Å². The average Bonchev–Trinajstić information content (AvgIpc) is 2.53. The number of nitrogens with zero attached hydrogens (tertiary/aromatic N) is 1. The maximum Gasteiger partial charge on any atom is 0.253 e. The Balaban J connectivity index is 2.28. The first-order valence-electron chi connectivity index (χ1n) is 4.80. The third kappa shape index (κ3) is 3.21. The lowest BCUT2D eigenvalue weighted by molar-refractivity contribution is -0.136. The highest BCUT2D eigenvalue weighted by molar-refractivity contribution is 6.12. The molecule has 5 heteroatoms. The van der Waals surface area contributed by atoms with E-state index >= 15 is 0 Å². The Kier molecular flexibility index (Phi) is 4.05. The number of carbonyl (C=O) groups is 2. The molecule has 0 saturated heterocycles. The van der Waals surface area contributed by atoms with Crippen LogP contribution in [0.25, 0.3) is 0 Å². The van der Waals surface area contributed by atoms with Gasteiger partial charge in [-0.15, -0.1) is 0 Å². The van der Waals surface area contributed by atoms with Crippen LogP contribution >= 0.6 is 0 Å². The summed E-state index contributed by atoms with van der Waals surface area (Å²) in [7, 11) is 0. The SMILES string of the molecule is C=C(CCN1C(=O)C=CC1=O)NCCN. The summed E-state index contributed by atoms with van der Waals surface area (Å²) in [6, 6.07) is 0. The first kappa shape index (κ1) is 11.5. The van der Waals surface area contributed by atoms with Crippen molar-refractivity contribution in [2.75, 3.05) is 19.6 Å². The van der Waals surface area contributed by atoms with Crippen LogP contribution in [0.1, 0.15) is 6.42 Å². The zero-order valence-electron chi connectivity index (χ0n) is 8.53. The van der Waals surface area contributed by atoms with Gasteiger partial charge < -0.3 is 11.1 Å². The Labute approximate surface area is 88.6 Å². The van der Waals surface area contributed by atoms with Crippen LogP contribution in [0.2, 0.25) is 0 Å². The molecule has 0 saturated carbocycles. The number of hydrogen-bond acceptors (Lipinski definition) is 4. The molecular formula is C10H15N3O2. The molecule has 82 valence electrons. The van der Waals surface area contributed by atoms with E-state index in [0.717, 1.165) is 5.70 Å². The zero-order valence-corrected chi connectivity index (χ0v) is 8.53. The third-order valence-electron chi connectivity index (χ3n) is 2.06. The molecule has 0 radical (unpaired) electrons. The lowest BCUT2D eigenvalue weighted by Gasteiger charge is -2.15. The number of nitrogens with one attached hydrogen (secondary N) is 1. The van der Waals surface area contributed by atoms with E-state index in [2.05, 4.69) is 11.9 Å². The minimum atomic E-state index is -0.258. The smallest absolute Gasteiger partial charge is 0.253 e. The lowest BCUT2D eigenvalue weighted by atomic mass is 10.3. The van der Waals surface area contributed by atoms with Crippen molar-refractivity contribution in [1.29, 1.82) is 0 Å². The summed E-state index contributed by atoms with van der Waals surface area (Å²) in [6.07, 6.45) is 3.11. The average molecular weight is 209 g/mol. The van der Waals surface area contributed by atoms with Gasteiger partial charge in [0, 0.05) is 43.9 Å². The molecule has 0 unspecified atom stereocenters. The molecule has 0 aromatic carbocycles. The van der Waals surface area contributed by atoms with Crippen molar-refractivity contribution >= 4 is 11.8 Å². The van der Waals surface area contributed by atoms with Crippen LogP contribution < -0.4 is 11.1 Å². The summed E-state index contributed by atoms with van der Waals surface area (Å²) >= 11 is 0. The van der Waals surface area contributed by atoms with Gasteiger partial charge in [-0.1, -0.05) is 6.58 Å². The fourth-order valence-electron chi connectivity index (χ4n) is 1.24. The molecule has 1 aliphatic rings. The summed E-state index contributed by atoms with van der Waals surface area (Å²) in [4.78, 5) is 23.5. The monoisotopic (exact) mass is 209 g/mol. The van der Waals surface area contributed by atoms with Crippen LogP contribution in [0.5, 0.6) is 0 Å². The molecular weight excluding hydrogens is 194 g/mol. The largest absolute Gasteiger partial charge is 0.387 e. The third-order valence-corrected chi connectivity index (χ3v) is 2.06. The van der Waals surface area contributed by atoms with E-state index in [-0.39, 0.29) is 11.8 Å². The van der Waals surface area contributed by atoms with Gasteiger partial charge in [-0.05, 0) is 0 Å². The summed E-state index contributed by atoms with van der Waals surface area (Å²) in [5.74, 6) is -0.516. The molecule has 3 N–H and O–H groups in total. The first-order valence-corrected chi connectivity index (χ1v) is 4.80. The van der Waals surface area contributed by atoms with Gasteiger partial charge >= 0.3 is 0 Å². The standard InChI is InChI=1S/C10H15N3O2/c1-8(12-6-5-11)4-7-13-9(14)2-3-10(13)15/h2-3,12H,1,4-7,11H2. The van der Waals surface area contributed by atoms with E-state index < -0.39 is 0 Å². The highest BCUT2D eigenvalue weighted by Crippen LogP contribution is 2.05. The highest BCUT2D eigenvalue weighted by atomic mass is 16.2. The van der Waals surface area contributed by atoms with Crippen molar-refractivity contribution in [2.24, 2.45) is 5.73 Å². The summed E-state index contributed by atoms with van der Waals surface area (Å²) < 4.78 is 0. The molecule has 2 amide bonds. The Morgan fingerprint density at radius 3 is 2.53 bits per heavy atom. The number of rotatable bonds is 6. The Hall–Kier alpha value is -1.62. The Morgan fingerprint density at radius 1 is 1.40 bits per heavy atom. The predicted molar refractivity (Wildman–Crippen MR) is 56.7 cm³/mol. The Morgan fingerprint density at radius 2 is 2.00 bits per heavy atom. The van der Waals surface area contributed by atoms with Crippen molar-refractivity contribution in [3.8, 4) is 0 Å². The summed E-state index contributed by atoms with van der Waals surface area (Å²) in [6.45, 7) is 5.31. The second kappa shape index (κ2) is 5.31. The van der Waals surface area contributed by atoms with Crippen molar-refractivity contribution in [2.45, 2.75) is 6.42 Å². The lowest BCUT2D eigenvalue weighted by Crippen LogP contribution is -2.32. The molecule has 1 heterocycles. The Bertz CT molecular complexity index is 292. The minimum Gasteiger partial charge on any atom is -0.387 e. The molecule has 0 atom stereocenters. The molecule has 15 heavy (non-hydrogen) atoms. The van der Waals surface area contributed by atoms with E-state index in [0.29, 0.717) is 26.1 Å². The molecule has 0 spiro atoms. The second-order valence-electron chi connectivity index (χ2n) is 3.23. The fraction of sp³-hybridized carbons (Fsp3) is 0.400. The van der Waals surface area contributed by atoms with E-state index in [1.165, 1.54) is 17.1 Å². The quantitative estimate of drug-likeness (QED) is 0.571. The van der Waals surface area contributed by atoms with Crippen molar-refractivity contribution < 1.29 is 9.59 Å². The van der Waals surface area contributed by atoms with Crippen LogP contribution in [-0.4, -0.2) is 36.3 Å². The second-order valence-corrected chi connectivity index (χ2v) is 3.23. The molecule has 0 fully saturated rings. The van der Waals surface area contributed by atoms with Gasteiger partial charge in [0.1, 0.15) is 0 Å². The fourth-order valence-corrected chi connectivity index (χ4v) is 1.24. The van der Waals surface area contributed by atoms with Crippen LogP contribution in [-0.2, 0) is 9.59 Å². The summed E-state index contributed by atoms with van der Waals surface area (Å²) in [5, 5.41) is 3.00. The molecule has 0 aromatic heterocycles. The highest BCUT2D eigenvalue weighted by Gasteiger charge is 2.22. The molecule has 0 bridgehead atoms. The number of hydrogen-bond donors (Lipinski definition) is 2. The maximum atomic E-state index is 11.2. The van der Waals surface area contributed by atoms with Crippen LogP contribution in [0.4, 0.5) is 0 Å². The van der Waals surface area contributed by atoms with Gasteiger partial charge in [-0.2, -0.15) is 0 Å². The number of imide groups is 1. The van der Waals surface area contributed by atoms with E-state index in [9.17, 15) is 9.59 Å². The van der Waals surface area contributed by atoms with Gasteiger partial charge in [0.25, 0.3) is 11.8 Å². The molecule has 0 aliphatic carbocycles. The molecule has 5 nitrogen and oxygen atoms in total. The topological polar surface area (TPSA) is 75.4 Å². The molecule has 0 aromatic rings.